The summed E-state index contributed by atoms with van der Waals surface area (Å²) < 4.78 is 5.36. The summed E-state index contributed by atoms with van der Waals surface area (Å²) in [4.78, 5) is 12.4. The van der Waals surface area contributed by atoms with Crippen LogP contribution in [-0.4, -0.2) is 41.7 Å². The number of carbonyl (C=O) groups is 1. The lowest BCUT2D eigenvalue weighted by molar-refractivity contribution is -0.137. The number of phenols is 1. The number of amides is 1. The molecular weight excluding hydrogens is 276 g/mol. The Balaban J connectivity index is 2.31. The van der Waals surface area contributed by atoms with Gasteiger partial charge in [0.05, 0.1) is 11.6 Å². The molecule has 0 radical (unpaired) electrons. The van der Waals surface area contributed by atoms with E-state index in [-0.39, 0.29) is 16.9 Å². The van der Waals surface area contributed by atoms with E-state index >= 15 is 0 Å². The quantitative estimate of drug-likeness (QED) is 0.924. The first kappa shape index (κ1) is 14.7. The molecular formula is C14H18N2O3S. The zero-order chi connectivity index (χ0) is 14.9. The van der Waals surface area contributed by atoms with Gasteiger partial charge in [-0.1, -0.05) is 24.4 Å². The fourth-order valence-electron chi connectivity index (χ4n) is 2.07. The predicted molar refractivity (Wildman–Crippen MR) is 79.3 cm³/mol. The Labute approximate surface area is 122 Å². The second-order valence-corrected chi connectivity index (χ2v) is 5.73. The van der Waals surface area contributed by atoms with Crippen LogP contribution in [0, 0.1) is 0 Å². The first-order chi connectivity index (χ1) is 9.45. The van der Waals surface area contributed by atoms with Gasteiger partial charge < -0.3 is 9.84 Å². The molecule has 0 bridgehead atoms. The van der Waals surface area contributed by atoms with Crippen molar-refractivity contribution >= 4 is 17.7 Å². The van der Waals surface area contributed by atoms with Crippen LogP contribution in [0.15, 0.2) is 29.8 Å². The summed E-state index contributed by atoms with van der Waals surface area (Å²) in [6.07, 6.45) is 0. The Kier molecular flexibility index (Phi) is 4.25. The van der Waals surface area contributed by atoms with Gasteiger partial charge in [0, 0.05) is 14.1 Å². The smallest absolute Gasteiger partial charge is 0.260 e. The van der Waals surface area contributed by atoms with Gasteiger partial charge in [-0.3, -0.25) is 4.79 Å². The molecule has 1 fully saturated rings. The Hall–Kier alpha value is -1.66. The maximum absolute atomic E-state index is 12.4. The van der Waals surface area contributed by atoms with Crippen molar-refractivity contribution < 1.29 is 14.6 Å². The lowest BCUT2D eigenvalue weighted by Crippen LogP contribution is -2.37. The van der Waals surface area contributed by atoms with Gasteiger partial charge in [-0.15, -0.1) is 0 Å². The van der Waals surface area contributed by atoms with Gasteiger partial charge >= 0.3 is 0 Å². The molecule has 1 aliphatic rings. The average Bonchev–Trinajstić information content (AvgIpc) is 2.68. The molecule has 1 amide bonds. The minimum absolute atomic E-state index is 0.0434. The lowest BCUT2D eigenvalue weighted by atomic mass is 10.1. The van der Waals surface area contributed by atoms with Gasteiger partial charge in [0.2, 0.25) is 0 Å². The number of aromatic hydroxyl groups is 1. The topological polar surface area (TPSA) is 53.0 Å². The molecule has 0 spiro atoms. The number of ether oxygens (including phenoxy) is 1. The van der Waals surface area contributed by atoms with Gasteiger partial charge in [-0.25, -0.2) is 10.0 Å². The number of hydrazine groups is 1. The molecule has 1 heterocycles. The normalized spacial score (nSPS) is 19.0. The molecule has 1 atom stereocenters. The fourth-order valence-corrected chi connectivity index (χ4v) is 3.17. The van der Waals surface area contributed by atoms with Gasteiger partial charge in [0.1, 0.15) is 5.25 Å². The van der Waals surface area contributed by atoms with Crippen LogP contribution in [0.1, 0.15) is 17.7 Å². The Bertz CT molecular complexity index is 545. The molecule has 1 N–H and O–H groups in total. The van der Waals surface area contributed by atoms with Crippen LogP contribution < -0.4 is 4.74 Å². The van der Waals surface area contributed by atoms with Crippen LogP contribution in [0.5, 0.6) is 11.5 Å². The highest BCUT2D eigenvalue weighted by Gasteiger charge is 2.38. The van der Waals surface area contributed by atoms with Crippen LogP contribution in [-0.2, 0) is 4.79 Å². The van der Waals surface area contributed by atoms with E-state index in [1.54, 1.807) is 42.3 Å². The number of phenolic OH excluding ortho intramolecular Hbond substituents is 1. The van der Waals surface area contributed by atoms with Crippen molar-refractivity contribution in [2.75, 3.05) is 20.7 Å². The molecule has 108 valence electrons. The van der Waals surface area contributed by atoms with Crippen molar-refractivity contribution in [3.05, 3.63) is 35.4 Å². The van der Waals surface area contributed by atoms with E-state index in [9.17, 15) is 9.90 Å². The van der Waals surface area contributed by atoms with Gasteiger partial charge in [-0.05, 0) is 24.6 Å². The van der Waals surface area contributed by atoms with Crippen LogP contribution in [0.25, 0.3) is 0 Å². The number of carbonyl (C=O) groups excluding carboxylic acids is 1. The zero-order valence-electron chi connectivity index (χ0n) is 11.8. The second kappa shape index (κ2) is 5.76. The second-order valence-electron chi connectivity index (χ2n) is 4.55. The molecule has 0 aliphatic carbocycles. The summed E-state index contributed by atoms with van der Waals surface area (Å²) in [6, 6.07) is 5.00. The summed E-state index contributed by atoms with van der Waals surface area (Å²) in [5, 5.41) is 13.3. The number of nitrogens with zero attached hydrogens (tertiary/aromatic N) is 2. The molecule has 0 saturated carbocycles. The SMILES string of the molecule is C=C1SC(c2ccc(O)c(OCC)c2)C(=O)N1N(C)C. The van der Waals surface area contributed by atoms with E-state index in [2.05, 4.69) is 6.58 Å². The number of hydrogen-bond donors (Lipinski definition) is 1. The van der Waals surface area contributed by atoms with Gasteiger partial charge in [0.15, 0.2) is 11.5 Å². The summed E-state index contributed by atoms with van der Waals surface area (Å²) in [7, 11) is 3.60. The number of hydrogen-bond acceptors (Lipinski definition) is 5. The number of thioether (sulfide) groups is 1. The van der Waals surface area contributed by atoms with Crippen molar-refractivity contribution in [2.45, 2.75) is 12.2 Å². The van der Waals surface area contributed by atoms with Crippen LogP contribution >= 0.6 is 11.8 Å². The summed E-state index contributed by atoms with van der Waals surface area (Å²) in [5.41, 5.74) is 0.798. The standard InChI is InChI=1S/C14H18N2O3S/c1-5-19-12-8-10(6-7-11(12)17)13-14(18)16(15(3)4)9(2)20-13/h6-8,13,17H,2,5H2,1,3-4H3. The maximum atomic E-state index is 12.4. The van der Waals surface area contributed by atoms with E-state index in [1.807, 2.05) is 6.92 Å². The molecule has 1 unspecified atom stereocenters. The predicted octanol–water partition coefficient (Wildman–Crippen LogP) is 2.36. The Morgan fingerprint density at radius 1 is 1.50 bits per heavy atom. The molecule has 1 aliphatic heterocycles. The molecule has 6 heteroatoms. The van der Waals surface area contributed by atoms with Crippen LogP contribution in [0.4, 0.5) is 0 Å². The van der Waals surface area contributed by atoms with Crippen molar-refractivity contribution in [3.8, 4) is 11.5 Å². The van der Waals surface area contributed by atoms with E-state index in [0.717, 1.165) is 5.56 Å². The molecule has 1 aromatic rings. The average molecular weight is 294 g/mol. The third kappa shape index (κ3) is 2.62. The first-order valence-electron chi connectivity index (χ1n) is 6.28. The van der Waals surface area contributed by atoms with Crippen molar-refractivity contribution in [3.63, 3.8) is 0 Å². The van der Waals surface area contributed by atoms with Crippen LogP contribution in [0.3, 0.4) is 0 Å². The van der Waals surface area contributed by atoms with Crippen molar-refractivity contribution in [1.29, 1.82) is 0 Å². The molecule has 5 nitrogen and oxygen atoms in total. The van der Waals surface area contributed by atoms with Gasteiger partial charge in [0.25, 0.3) is 5.91 Å². The Morgan fingerprint density at radius 2 is 2.20 bits per heavy atom. The summed E-state index contributed by atoms with van der Waals surface area (Å²) in [6.45, 7) is 6.21. The third-order valence-corrected chi connectivity index (χ3v) is 4.06. The number of rotatable bonds is 4. The molecule has 20 heavy (non-hydrogen) atoms. The summed E-state index contributed by atoms with van der Waals surface area (Å²) >= 11 is 1.40. The van der Waals surface area contributed by atoms with Crippen molar-refractivity contribution in [1.82, 2.24) is 10.0 Å². The Morgan fingerprint density at radius 3 is 2.75 bits per heavy atom. The first-order valence-corrected chi connectivity index (χ1v) is 7.16. The van der Waals surface area contributed by atoms with Crippen LogP contribution in [0.2, 0.25) is 0 Å². The minimum atomic E-state index is -0.357. The largest absolute Gasteiger partial charge is 0.504 e. The monoisotopic (exact) mass is 294 g/mol. The minimum Gasteiger partial charge on any atom is -0.504 e. The van der Waals surface area contributed by atoms with Gasteiger partial charge in [-0.2, -0.15) is 0 Å². The molecule has 0 aromatic heterocycles. The number of benzene rings is 1. The van der Waals surface area contributed by atoms with Crippen molar-refractivity contribution in [2.24, 2.45) is 0 Å². The fraction of sp³-hybridized carbons (Fsp3) is 0.357. The maximum Gasteiger partial charge on any atom is 0.260 e. The third-order valence-electron chi connectivity index (χ3n) is 2.91. The highest BCUT2D eigenvalue weighted by Crippen LogP contribution is 2.45. The van der Waals surface area contributed by atoms with E-state index < -0.39 is 0 Å². The summed E-state index contributed by atoms with van der Waals surface area (Å²) in [5.74, 6) is 0.430. The highest BCUT2D eigenvalue weighted by atomic mass is 32.2. The lowest BCUT2D eigenvalue weighted by Gasteiger charge is -2.23. The van der Waals surface area contributed by atoms with E-state index in [0.29, 0.717) is 17.4 Å². The highest BCUT2D eigenvalue weighted by molar-refractivity contribution is 8.04. The molecule has 2 rings (SSSR count). The van der Waals surface area contributed by atoms with E-state index in [1.165, 1.54) is 11.8 Å². The van der Waals surface area contributed by atoms with E-state index in [4.69, 9.17) is 4.74 Å². The molecule has 1 saturated heterocycles. The molecule has 1 aromatic carbocycles. The zero-order valence-corrected chi connectivity index (χ0v) is 12.6.